The highest BCUT2D eigenvalue weighted by atomic mass is 28.3. The molecule has 0 aliphatic heterocycles. The summed E-state index contributed by atoms with van der Waals surface area (Å²) >= 11 is 0. The summed E-state index contributed by atoms with van der Waals surface area (Å²) in [6.45, 7) is 5.89. The molecule has 5 nitrogen and oxygen atoms in total. The van der Waals surface area contributed by atoms with Crippen LogP contribution >= 0.6 is 0 Å². The fraction of sp³-hybridized carbons (Fsp3) is 0.750. The van der Waals surface area contributed by atoms with E-state index in [1.165, 1.54) is 14.2 Å². The fourth-order valence-corrected chi connectivity index (χ4v) is 2.30. The molecule has 82 valence electrons. The third kappa shape index (κ3) is 3.78. The third-order valence-corrected chi connectivity index (χ3v) is 3.86. The van der Waals surface area contributed by atoms with Crippen LogP contribution in [0, 0.1) is 0 Å². The smallest absolute Gasteiger partial charge is 0.407 e. The van der Waals surface area contributed by atoms with Gasteiger partial charge in [-0.3, -0.25) is 4.79 Å². The van der Waals surface area contributed by atoms with Gasteiger partial charge in [-0.2, -0.15) is 0 Å². The number of hydrogen-bond acceptors (Lipinski definition) is 4. The van der Waals surface area contributed by atoms with Crippen LogP contribution in [0.15, 0.2) is 0 Å². The second-order valence-corrected chi connectivity index (χ2v) is 9.27. The lowest BCUT2D eigenvalue weighted by atomic mass is 10.6. The van der Waals surface area contributed by atoms with Crippen LogP contribution in [0.3, 0.4) is 0 Å². The SMILES string of the molecule is COC(=O)NC(C(=O)OC)[Si](C)(C)C. The van der Waals surface area contributed by atoms with Gasteiger partial charge in [-0.25, -0.2) is 4.79 Å². The van der Waals surface area contributed by atoms with E-state index in [1.807, 2.05) is 19.6 Å². The van der Waals surface area contributed by atoms with Crippen molar-refractivity contribution in [1.82, 2.24) is 5.32 Å². The molecule has 0 aliphatic rings. The summed E-state index contributed by atoms with van der Waals surface area (Å²) in [6, 6.07) is 0. The molecule has 6 heteroatoms. The molecule has 1 atom stereocenters. The van der Waals surface area contributed by atoms with Crippen LogP contribution in [0.25, 0.3) is 0 Å². The summed E-state index contributed by atoms with van der Waals surface area (Å²) < 4.78 is 9.04. The van der Waals surface area contributed by atoms with Gasteiger partial charge in [0.2, 0.25) is 0 Å². The zero-order valence-corrected chi connectivity index (χ0v) is 10.2. The molecule has 1 amide bonds. The molecule has 0 heterocycles. The molecule has 0 radical (unpaired) electrons. The number of rotatable bonds is 3. The number of alkyl carbamates (subject to hydrolysis) is 1. The Kier molecular flexibility index (Phi) is 4.62. The van der Waals surface area contributed by atoms with Gasteiger partial charge in [0.05, 0.1) is 22.3 Å². The van der Waals surface area contributed by atoms with E-state index in [2.05, 4.69) is 14.8 Å². The molecule has 0 saturated carbocycles. The first kappa shape index (κ1) is 13.0. The van der Waals surface area contributed by atoms with Gasteiger partial charge in [0, 0.05) is 0 Å². The minimum atomic E-state index is -1.84. The van der Waals surface area contributed by atoms with Crippen molar-refractivity contribution in [2.45, 2.75) is 25.3 Å². The zero-order valence-electron chi connectivity index (χ0n) is 9.21. The van der Waals surface area contributed by atoms with Gasteiger partial charge < -0.3 is 14.8 Å². The molecule has 0 aliphatic carbocycles. The van der Waals surface area contributed by atoms with Crippen molar-refractivity contribution in [2.75, 3.05) is 14.2 Å². The van der Waals surface area contributed by atoms with Crippen molar-refractivity contribution in [3.8, 4) is 0 Å². The molecule has 0 bridgehead atoms. The van der Waals surface area contributed by atoms with E-state index >= 15 is 0 Å². The van der Waals surface area contributed by atoms with Gasteiger partial charge in [0.25, 0.3) is 0 Å². The van der Waals surface area contributed by atoms with Gasteiger partial charge in [-0.1, -0.05) is 19.6 Å². The normalized spacial score (nSPS) is 12.9. The van der Waals surface area contributed by atoms with Crippen LogP contribution < -0.4 is 5.32 Å². The van der Waals surface area contributed by atoms with Gasteiger partial charge in [-0.05, 0) is 0 Å². The Bertz CT molecular complexity index is 224. The maximum atomic E-state index is 11.4. The van der Waals surface area contributed by atoms with Crippen molar-refractivity contribution in [3.63, 3.8) is 0 Å². The summed E-state index contributed by atoms with van der Waals surface area (Å²) in [7, 11) is 0.722. The fourth-order valence-electron chi connectivity index (χ4n) is 0.924. The topological polar surface area (TPSA) is 64.6 Å². The first-order valence-corrected chi connectivity index (χ1v) is 7.83. The van der Waals surface area contributed by atoms with E-state index < -0.39 is 25.8 Å². The zero-order chi connectivity index (χ0) is 11.4. The third-order valence-electron chi connectivity index (χ3n) is 1.75. The molecule has 14 heavy (non-hydrogen) atoms. The largest absolute Gasteiger partial charge is 0.468 e. The molecule has 0 rings (SSSR count). The lowest BCUT2D eigenvalue weighted by Crippen LogP contribution is -2.56. The number of hydrogen-bond donors (Lipinski definition) is 1. The lowest BCUT2D eigenvalue weighted by molar-refractivity contribution is -0.140. The predicted octanol–water partition coefficient (Wildman–Crippen LogP) is 0.761. The molecule has 0 saturated heterocycles. The predicted molar refractivity (Wildman–Crippen MR) is 54.7 cm³/mol. The van der Waals surface area contributed by atoms with E-state index in [9.17, 15) is 9.59 Å². The van der Waals surface area contributed by atoms with Crippen LogP contribution in [0.1, 0.15) is 0 Å². The molecule has 0 aromatic heterocycles. The number of nitrogens with one attached hydrogen (secondary N) is 1. The quantitative estimate of drug-likeness (QED) is 0.562. The Hall–Kier alpha value is -1.04. The monoisotopic (exact) mass is 219 g/mol. The first-order valence-electron chi connectivity index (χ1n) is 4.25. The van der Waals surface area contributed by atoms with Crippen LogP contribution in [0.2, 0.25) is 19.6 Å². The number of carbonyl (C=O) groups is 2. The molecule has 0 aromatic rings. The second-order valence-electron chi connectivity index (χ2n) is 3.96. The van der Waals surface area contributed by atoms with Crippen molar-refractivity contribution >= 4 is 20.1 Å². The minimum absolute atomic E-state index is 0.422. The van der Waals surface area contributed by atoms with E-state index in [4.69, 9.17) is 0 Å². The number of carbonyl (C=O) groups excluding carboxylic acids is 2. The summed E-state index contributed by atoms with van der Waals surface area (Å²) in [5, 5.41) is 2.48. The standard InChI is InChI=1S/C8H17NO4Si/c1-12-7(10)6(14(3,4)5)9-8(11)13-2/h6H,1-5H3,(H,9,11). The Morgan fingerprint density at radius 3 is 1.93 bits per heavy atom. The van der Waals surface area contributed by atoms with Crippen LogP contribution in [0.4, 0.5) is 4.79 Å². The Morgan fingerprint density at radius 1 is 1.14 bits per heavy atom. The van der Waals surface area contributed by atoms with E-state index in [0.29, 0.717) is 0 Å². The van der Waals surface area contributed by atoms with Crippen LogP contribution in [0.5, 0.6) is 0 Å². The second kappa shape index (κ2) is 4.99. The van der Waals surface area contributed by atoms with Gasteiger partial charge in [0.15, 0.2) is 0 Å². The highest BCUT2D eigenvalue weighted by Crippen LogP contribution is 2.09. The molecule has 0 aromatic carbocycles. The van der Waals surface area contributed by atoms with E-state index in [-0.39, 0.29) is 0 Å². The minimum Gasteiger partial charge on any atom is -0.468 e. The lowest BCUT2D eigenvalue weighted by Gasteiger charge is -2.26. The molecular formula is C8H17NO4Si. The maximum Gasteiger partial charge on any atom is 0.407 e. The average Bonchev–Trinajstić information content (AvgIpc) is 2.10. The summed E-state index contributed by atoms with van der Waals surface area (Å²) in [5.41, 5.74) is -0.569. The van der Waals surface area contributed by atoms with Gasteiger partial charge in [-0.15, -0.1) is 0 Å². The molecule has 0 fully saturated rings. The Morgan fingerprint density at radius 2 is 1.64 bits per heavy atom. The highest BCUT2D eigenvalue weighted by Gasteiger charge is 2.35. The number of methoxy groups -OCH3 is 2. The maximum absolute atomic E-state index is 11.4. The molecule has 0 spiro atoms. The van der Waals surface area contributed by atoms with Crippen LogP contribution in [-0.2, 0) is 14.3 Å². The van der Waals surface area contributed by atoms with Crippen LogP contribution in [-0.4, -0.2) is 40.0 Å². The first-order chi connectivity index (χ1) is 6.32. The average molecular weight is 219 g/mol. The van der Waals surface area contributed by atoms with Crippen molar-refractivity contribution < 1.29 is 19.1 Å². The van der Waals surface area contributed by atoms with Crippen molar-refractivity contribution in [1.29, 1.82) is 0 Å². The highest BCUT2D eigenvalue weighted by molar-refractivity contribution is 6.80. The summed E-state index contributed by atoms with van der Waals surface area (Å²) in [4.78, 5) is 22.3. The number of amides is 1. The van der Waals surface area contributed by atoms with E-state index in [0.717, 1.165) is 0 Å². The summed E-state index contributed by atoms with van der Waals surface area (Å²) in [6.07, 6.45) is -0.608. The number of ether oxygens (including phenoxy) is 2. The Labute approximate surface area is 84.8 Å². The van der Waals surface area contributed by atoms with Gasteiger partial charge >= 0.3 is 12.1 Å². The van der Waals surface area contributed by atoms with Crippen molar-refractivity contribution in [2.24, 2.45) is 0 Å². The Balaban J connectivity index is 4.58. The van der Waals surface area contributed by atoms with E-state index in [1.54, 1.807) is 0 Å². The van der Waals surface area contributed by atoms with Gasteiger partial charge in [0.1, 0.15) is 5.67 Å². The summed E-state index contributed by atoms with van der Waals surface area (Å²) in [5.74, 6) is -0.422. The molecule has 1 N–H and O–H groups in total. The number of esters is 1. The molecule has 1 unspecified atom stereocenters. The molecular weight excluding hydrogens is 202 g/mol. The van der Waals surface area contributed by atoms with Crippen molar-refractivity contribution in [3.05, 3.63) is 0 Å².